The molecule has 138 valence electrons. The fourth-order valence-electron chi connectivity index (χ4n) is 3.47. The molecule has 0 aromatic carbocycles. The zero-order valence-corrected chi connectivity index (χ0v) is 15.2. The number of nitrogens with one attached hydrogen (secondary N) is 1. The van der Waals surface area contributed by atoms with Crippen molar-refractivity contribution in [2.24, 2.45) is 5.73 Å². The van der Waals surface area contributed by atoms with Crippen LogP contribution in [0.4, 0.5) is 0 Å². The number of nitriles is 1. The number of nitrogens with zero attached hydrogens (tertiary/aromatic N) is 3. The van der Waals surface area contributed by atoms with E-state index in [1.54, 1.807) is 29.1 Å². The van der Waals surface area contributed by atoms with Gasteiger partial charge in [0.25, 0.3) is 5.56 Å². The molecule has 0 amide bonds. The molecule has 1 aliphatic rings. The Bertz CT molecular complexity index is 1160. The van der Waals surface area contributed by atoms with Gasteiger partial charge in [0, 0.05) is 35.8 Å². The molecule has 1 atom stereocenters. The molecule has 0 fully saturated rings. The first-order valence-electron chi connectivity index (χ1n) is 8.77. The first-order valence-corrected chi connectivity index (χ1v) is 8.77. The van der Waals surface area contributed by atoms with E-state index in [0.717, 1.165) is 11.3 Å². The SMILES string of the molecule is Cc1cc2c(c(=O)n1Cc1ccc[nH+]c1)C(c1cccnc1)C(C#N)=C(N)O2. The molecule has 0 saturated heterocycles. The van der Waals surface area contributed by atoms with Gasteiger partial charge >= 0.3 is 0 Å². The lowest BCUT2D eigenvalue weighted by Crippen LogP contribution is -2.33. The van der Waals surface area contributed by atoms with Crippen molar-refractivity contribution in [2.75, 3.05) is 0 Å². The Hall–Kier alpha value is -3.92. The lowest BCUT2D eigenvalue weighted by atomic mass is 9.85. The fraction of sp³-hybridized carbons (Fsp3) is 0.143. The number of fused-ring (bicyclic) bond motifs is 1. The van der Waals surface area contributed by atoms with Gasteiger partial charge in [0.1, 0.15) is 17.4 Å². The van der Waals surface area contributed by atoms with Crippen molar-refractivity contribution in [3.8, 4) is 11.8 Å². The zero-order valence-electron chi connectivity index (χ0n) is 15.2. The molecule has 0 bridgehead atoms. The van der Waals surface area contributed by atoms with Gasteiger partial charge in [-0.25, -0.2) is 4.98 Å². The van der Waals surface area contributed by atoms with Crippen LogP contribution in [0.3, 0.4) is 0 Å². The van der Waals surface area contributed by atoms with Gasteiger partial charge in [-0.2, -0.15) is 5.26 Å². The first kappa shape index (κ1) is 17.5. The van der Waals surface area contributed by atoms with Crippen molar-refractivity contribution in [3.63, 3.8) is 0 Å². The van der Waals surface area contributed by atoms with Gasteiger partial charge in [0.05, 0.1) is 18.0 Å². The second-order valence-electron chi connectivity index (χ2n) is 6.58. The largest absolute Gasteiger partial charge is 0.440 e. The Kier molecular flexibility index (Phi) is 4.38. The number of H-pyrrole nitrogens is 1. The molecular weight excluding hydrogens is 354 g/mol. The van der Waals surface area contributed by atoms with Gasteiger partial charge in [-0.05, 0) is 24.6 Å². The molecule has 4 heterocycles. The highest BCUT2D eigenvalue weighted by Gasteiger charge is 2.34. The van der Waals surface area contributed by atoms with Crippen LogP contribution in [-0.2, 0) is 6.54 Å². The monoisotopic (exact) mass is 372 g/mol. The van der Waals surface area contributed by atoms with Crippen molar-refractivity contribution in [2.45, 2.75) is 19.4 Å². The van der Waals surface area contributed by atoms with Crippen molar-refractivity contribution >= 4 is 0 Å². The Morgan fingerprint density at radius 1 is 1.39 bits per heavy atom. The van der Waals surface area contributed by atoms with Crippen LogP contribution < -0.4 is 21.0 Å². The van der Waals surface area contributed by atoms with Gasteiger partial charge in [-0.15, -0.1) is 0 Å². The molecule has 3 aromatic rings. The summed E-state index contributed by atoms with van der Waals surface area (Å²) in [7, 11) is 0. The van der Waals surface area contributed by atoms with Crippen LogP contribution in [0.1, 0.15) is 28.3 Å². The van der Waals surface area contributed by atoms with E-state index in [2.05, 4.69) is 16.0 Å². The molecule has 3 N–H and O–H groups in total. The predicted octanol–water partition coefficient (Wildman–Crippen LogP) is 1.63. The highest BCUT2D eigenvalue weighted by Crippen LogP contribution is 2.40. The van der Waals surface area contributed by atoms with Crippen molar-refractivity contribution < 1.29 is 9.72 Å². The van der Waals surface area contributed by atoms with E-state index in [1.807, 2.05) is 37.5 Å². The highest BCUT2D eigenvalue weighted by molar-refractivity contribution is 5.54. The number of aryl methyl sites for hydroxylation is 1. The van der Waals surface area contributed by atoms with Crippen LogP contribution in [0.2, 0.25) is 0 Å². The second-order valence-corrected chi connectivity index (χ2v) is 6.58. The van der Waals surface area contributed by atoms with Crippen LogP contribution in [0.15, 0.2) is 71.4 Å². The lowest BCUT2D eigenvalue weighted by Gasteiger charge is -2.27. The standard InChI is InChI=1S/C21H17N5O2/c1-13-8-17-19(21(27)26(13)12-14-4-2-6-24-10-14)18(15-5-3-7-25-11-15)16(9-22)20(23)28-17/h2-8,10-11,18H,12,23H2,1H3/p+1. The van der Waals surface area contributed by atoms with Crippen molar-refractivity contribution in [1.82, 2.24) is 9.55 Å². The quantitative estimate of drug-likeness (QED) is 0.752. The number of aromatic nitrogens is 3. The molecule has 0 aliphatic carbocycles. The van der Waals surface area contributed by atoms with Crippen LogP contribution in [0.5, 0.6) is 5.75 Å². The highest BCUT2D eigenvalue weighted by atomic mass is 16.5. The van der Waals surface area contributed by atoms with Gasteiger partial charge < -0.3 is 15.0 Å². The Morgan fingerprint density at radius 3 is 2.93 bits per heavy atom. The maximum absolute atomic E-state index is 13.5. The number of nitrogens with two attached hydrogens (primary N) is 1. The normalized spacial score (nSPS) is 15.5. The third-order valence-electron chi connectivity index (χ3n) is 4.82. The summed E-state index contributed by atoms with van der Waals surface area (Å²) in [5.41, 5.74) is 8.80. The molecule has 3 aromatic heterocycles. The van der Waals surface area contributed by atoms with Gasteiger partial charge in [0.15, 0.2) is 12.4 Å². The Balaban J connectivity index is 1.93. The summed E-state index contributed by atoms with van der Waals surface area (Å²) >= 11 is 0. The molecule has 4 rings (SSSR count). The van der Waals surface area contributed by atoms with Crippen LogP contribution >= 0.6 is 0 Å². The maximum Gasteiger partial charge on any atom is 0.259 e. The number of ether oxygens (including phenoxy) is 1. The third-order valence-corrected chi connectivity index (χ3v) is 4.82. The smallest absolute Gasteiger partial charge is 0.259 e. The van der Waals surface area contributed by atoms with Gasteiger partial charge in [-0.1, -0.05) is 6.07 Å². The number of allylic oxidation sites excluding steroid dienone is 1. The summed E-state index contributed by atoms with van der Waals surface area (Å²) in [5, 5.41) is 9.67. The fourth-order valence-corrected chi connectivity index (χ4v) is 3.47. The van der Waals surface area contributed by atoms with Crippen LogP contribution in [-0.4, -0.2) is 9.55 Å². The van der Waals surface area contributed by atoms with E-state index in [1.165, 1.54) is 0 Å². The van der Waals surface area contributed by atoms with E-state index in [-0.39, 0.29) is 17.0 Å². The number of hydrogen-bond donors (Lipinski definition) is 1. The summed E-state index contributed by atoms with van der Waals surface area (Å²) in [6.45, 7) is 2.24. The minimum atomic E-state index is -0.621. The molecule has 1 aliphatic heterocycles. The minimum absolute atomic E-state index is 0.0121. The molecular formula is C21H18N5O2+. The minimum Gasteiger partial charge on any atom is -0.440 e. The molecule has 28 heavy (non-hydrogen) atoms. The zero-order chi connectivity index (χ0) is 19.7. The van der Waals surface area contributed by atoms with E-state index >= 15 is 0 Å². The number of rotatable bonds is 3. The second kappa shape index (κ2) is 7.00. The Labute approximate surface area is 161 Å². The van der Waals surface area contributed by atoms with Crippen LogP contribution in [0, 0.1) is 18.3 Å². The van der Waals surface area contributed by atoms with E-state index in [4.69, 9.17) is 10.5 Å². The average molecular weight is 372 g/mol. The third kappa shape index (κ3) is 2.91. The molecule has 1 unspecified atom stereocenters. The Morgan fingerprint density at radius 2 is 2.25 bits per heavy atom. The number of hydrogen-bond acceptors (Lipinski definition) is 5. The lowest BCUT2D eigenvalue weighted by molar-refractivity contribution is -0.378. The molecule has 0 spiro atoms. The molecule has 7 nitrogen and oxygen atoms in total. The predicted molar refractivity (Wildman–Crippen MR) is 101 cm³/mol. The number of aromatic amines is 1. The van der Waals surface area contributed by atoms with Crippen molar-refractivity contribution in [3.05, 3.63) is 99.3 Å². The van der Waals surface area contributed by atoms with Gasteiger partial charge in [0.2, 0.25) is 5.88 Å². The molecule has 0 radical (unpaired) electrons. The van der Waals surface area contributed by atoms with E-state index in [9.17, 15) is 10.1 Å². The maximum atomic E-state index is 13.5. The number of pyridine rings is 3. The summed E-state index contributed by atoms with van der Waals surface area (Å²) in [5.74, 6) is -0.231. The van der Waals surface area contributed by atoms with Crippen LogP contribution in [0.25, 0.3) is 0 Å². The van der Waals surface area contributed by atoms with E-state index < -0.39 is 5.92 Å². The van der Waals surface area contributed by atoms with E-state index in [0.29, 0.717) is 23.4 Å². The summed E-state index contributed by atoms with van der Waals surface area (Å²) in [6, 6.07) is 11.3. The first-order chi connectivity index (χ1) is 13.6. The van der Waals surface area contributed by atoms with Gasteiger partial charge in [-0.3, -0.25) is 9.78 Å². The summed E-state index contributed by atoms with van der Waals surface area (Å²) in [4.78, 5) is 20.6. The van der Waals surface area contributed by atoms with Crippen molar-refractivity contribution in [1.29, 1.82) is 5.26 Å². The molecule has 0 saturated carbocycles. The average Bonchev–Trinajstić information content (AvgIpc) is 2.71. The molecule has 7 heteroatoms. The topological polar surface area (TPSA) is 108 Å². The summed E-state index contributed by atoms with van der Waals surface area (Å²) < 4.78 is 7.32. The summed E-state index contributed by atoms with van der Waals surface area (Å²) in [6.07, 6.45) is 6.94.